The Labute approximate surface area is 171 Å². The van der Waals surface area contributed by atoms with Crippen LogP contribution in [0.15, 0.2) is 48.5 Å². The second kappa shape index (κ2) is 7.84. The van der Waals surface area contributed by atoms with Crippen molar-refractivity contribution >= 4 is 28.2 Å². The van der Waals surface area contributed by atoms with Gasteiger partial charge in [-0.15, -0.1) is 0 Å². The molecule has 150 valence electrons. The second-order valence-electron chi connectivity index (χ2n) is 7.98. The zero-order valence-electron chi connectivity index (χ0n) is 17.4. The summed E-state index contributed by atoms with van der Waals surface area (Å²) in [6, 6.07) is 16.0. The molecule has 2 atom stereocenters. The van der Waals surface area contributed by atoms with Crippen molar-refractivity contribution in [2.24, 2.45) is 0 Å². The number of morpholine rings is 1. The summed E-state index contributed by atoms with van der Waals surface area (Å²) >= 11 is 0. The van der Waals surface area contributed by atoms with E-state index in [4.69, 9.17) is 4.74 Å². The highest BCUT2D eigenvalue weighted by Crippen LogP contribution is 2.23. The molecular weight excluding hydrogens is 362 g/mol. The van der Waals surface area contributed by atoms with E-state index < -0.39 is 0 Å². The molecule has 3 aromatic rings. The van der Waals surface area contributed by atoms with E-state index in [2.05, 4.69) is 47.2 Å². The van der Waals surface area contributed by atoms with Crippen LogP contribution in [0.1, 0.15) is 35.5 Å². The number of benzene rings is 2. The number of ether oxygens (including phenoxy) is 1. The summed E-state index contributed by atoms with van der Waals surface area (Å²) in [6.07, 6.45) is 0.426. The van der Waals surface area contributed by atoms with Gasteiger partial charge in [0.15, 0.2) is 0 Å². The molecule has 29 heavy (non-hydrogen) atoms. The van der Waals surface area contributed by atoms with Crippen LogP contribution in [-0.4, -0.2) is 36.2 Å². The number of aryl methyl sites for hydroxylation is 2. The van der Waals surface area contributed by atoms with Crippen molar-refractivity contribution in [1.29, 1.82) is 0 Å². The molecule has 0 radical (unpaired) electrons. The largest absolute Gasteiger partial charge is 0.372 e. The van der Waals surface area contributed by atoms with Crippen LogP contribution in [0.2, 0.25) is 0 Å². The molecule has 1 aliphatic heterocycles. The number of nitrogens with zero attached hydrogens (tertiary/aromatic N) is 2. The standard InChI is InChI=1S/C24H27N3O2/c1-15-5-10-23-19(11-15)12-22(18(4)25-23)24(28)26-20-6-8-21(9-7-20)27-13-16(2)29-17(3)14-27/h5-12,16-17H,13-14H2,1-4H3,(H,26,28). The summed E-state index contributed by atoms with van der Waals surface area (Å²) in [5, 5.41) is 3.98. The van der Waals surface area contributed by atoms with Crippen LogP contribution in [0.3, 0.4) is 0 Å². The first-order valence-electron chi connectivity index (χ1n) is 10.1. The number of aromatic nitrogens is 1. The predicted molar refractivity (Wildman–Crippen MR) is 118 cm³/mol. The van der Waals surface area contributed by atoms with Crippen molar-refractivity contribution in [3.63, 3.8) is 0 Å². The Balaban J connectivity index is 1.51. The Bertz CT molecular complexity index is 1040. The van der Waals surface area contributed by atoms with Gasteiger partial charge in [0.1, 0.15) is 0 Å². The number of carbonyl (C=O) groups excluding carboxylic acids is 1. The van der Waals surface area contributed by atoms with E-state index in [0.29, 0.717) is 5.56 Å². The highest BCUT2D eigenvalue weighted by atomic mass is 16.5. The molecule has 5 heteroatoms. The van der Waals surface area contributed by atoms with Crippen molar-refractivity contribution in [2.75, 3.05) is 23.3 Å². The Morgan fingerprint density at radius 1 is 1.03 bits per heavy atom. The first kappa shape index (κ1) is 19.4. The molecule has 2 unspecified atom stereocenters. The molecule has 1 aliphatic rings. The van der Waals surface area contributed by atoms with Crippen molar-refractivity contribution < 1.29 is 9.53 Å². The first-order chi connectivity index (χ1) is 13.9. The molecule has 0 saturated carbocycles. The molecule has 1 fully saturated rings. The normalized spacial score (nSPS) is 19.4. The molecule has 0 bridgehead atoms. The quantitative estimate of drug-likeness (QED) is 0.704. The Kier molecular flexibility index (Phi) is 5.24. The van der Waals surface area contributed by atoms with Crippen LogP contribution in [0, 0.1) is 13.8 Å². The van der Waals surface area contributed by atoms with Crippen molar-refractivity contribution in [3.8, 4) is 0 Å². The van der Waals surface area contributed by atoms with Crippen LogP contribution < -0.4 is 10.2 Å². The fourth-order valence-electron chi connectivity index (χ4n) is 3.96. The van der Waals surface area contributed by atoms with E-state index >= 15 is 0 Å². The average molecular weight is 389 g/mol. The van der Waals surface area contributed by atoms with Crippen LogP contribution in [0.4, 0.5) is 11.4 Å². The lowest BCUT2D eigenvalue weighted by Gasteiger charge is -2.36. The summed E-state index contributed by atoms with van der Waals surface area (Å²) in [5.41, 5.74) is 5.30. The lowest BCUT2D eigenvalue weighted by atomic mass is 10.1. The third-order valence-corrected chi connectivity index (χ3v) is 5.32. The maximum absolute atomic E-state index is 12.9. The molecule has 1 aromatic heterocycles. The SMILES string of the molecule is Cc1ccc2nc(C)c(C(=O)Nc3ccc(N4CC(C)OC(C)C4)cc3)cc2c1. The van der Waals surface area contributed by atoms with Gasteiger partial charge in [0.25, 0.3) is 5.91 Å². The summed E-state index contributed by atoms with van der Waals surface area (Å²) < 4.78 is 5.81. The molecule has 1 amide bonds. The Morgan fingerprint density at radius 3 is 2.41 bits per heavy atom. The number of anilines is 2. The second-order valence-corrected chi connectivity index (χ2v) is 7.98. The topological polar surface area (TPSA) is 54.5 Å². The highest BCUT2D eigenvalue weighted by molar-refractivity contribution is 6.06. The number of amides is 1. The van der Waals surface area contributed by atoms with E-state index in [1.807, 2.05) is 44.2 Å². The summed E-state index contributed by atoms with van der Waals surface area (Å²) in [4.78, 5) is 19.8. The summed E-state index contributed by atoms with van der Waals surface area (Å²) in [5.74, 6) is -0.139. The fourth-order valence-corrected chi connectivity index (χ4v) is 3.96. The molecule has 2 heterocycles. The molecular formula is C24H27N3O2. The number of carbonyl (C=O) groups is 1. The number of nitrogens with one attached hydrogen (secondary N) is 1. The molecule has 5 nitrogen and oxygen atoms in total. The van der Waals surface area contributed by atoms with Crippen molar-refractivity contribution in [2.45, 2.75) is 39.9 Å². The van der Waals surface area contributed by atoms with Gasteiger partial charge in [0, 0.05) is 29.9 Å². The van der Waals surface area contributed by atoms with Gasteiger partial charge in [-0.1, -0.05) is 11.6 Å². The van der Waals surface area contributed by atoms with Crippen LogP contribution in [0.5, 0.6) is 0 Å². The fraction of sp³-hybridized carbons (Fsp3) is 0.333. The summed E-state index contributed by atoms with van der Waals surface area (Å²) in [7, 11) is 0. The van der Waals surface area contributed by atoms with Crippen LogP contribution in [0.25, 0.3) is 10.9 Å². The van der Waals surface area contributed by atoms with E-state index in [1.165, 1.54) is 0 Å². The maximum atomic E-state index is 12.9. The van der Waals surface area contributed by atoms with Gasteiger partial charge in [-0.3, -0.25) is 9.78 Å². The number of pyridine rings is 1. The molecule has 0 spiro atoms. The first-order valence-corrected chi connectivity index (χ1v) is 10.1. The molecule has 2 aromatic carbocycles. The van der Waals surface area contributed by atoms with Gasteiger partial charge in [-0.05, 0) is 70.2 Å². The minimum atomic E-state index is -0.139. The number of hydrogen-bond donors (Lipinski definition) is 1. The van der Waals surface area contributed by atoms with Gasteiger partial charge in [0.05, 0.1) is 29.0 Å². The number of rotatable bonds is 3. The highest BCUT2D eigenvalue weighted by Gasteiger charge is 2.22. The molecule has 4 rings (SSSR count). The molecule has 0 aliphatic carbocycles. The zero-order chi connectivity index (χ0) is 20.5. The minimum absolute atomic E-state index is 0.139. The zero-order valence-corrected chi connectivity index (χ0v) is 17.4. The smallest absolute Gasteiger partial charge is 0.257 e. The Morgan fingerprint density at radius 2 is 1.72 bits per heavy atom. The minimum Gasteiger partial charge on any atom is -0.372 e. The van der Waals surface area contributed by atoms with E-state index in [-0.39, 0.29) is 18.1 Å². The van der Waals surface area contributed by atoms with Crippen molar-refractivity contribution in [1.82, 2.24) is 4.98 Å². The van der Waals surface area contributed by atoms with Crippen LogP contribution >= 0.6 is 0 Å². The monoisotopic (exact) mass is 389 g/mol. The maximum Gasteiger partial charge on any atom is 0.257 e. The van der Waals surface area contributed by atoms with Crippen molar-refractivity contribution in [3.05, 3.63) is 65.4 Å². The Hall–Kier alpha value is -2.92. The van der Waals surface area contributed by atoms with Gasteiger partial charge in [-0.2, -0.15) is 0 Å². The van der Waals surface area contributed by atoms with Gasteiger partial charge >= 0.3 is 0 Å². The third-order valence-electron chi connectivity index (χ3n) is 5.32. The average Bonchev–Trinajstić information content (AvgIpc) is 2.67. The lowest BCUT2D eigenvalue weighted by Crippen LogP contribution is -2.45. The van der Waals surface area contributed by atoms with E-state index in [1.54, 1.807) is 0 Å². The van der Waals surface area contributed by atoms with E-state index in [9.17, 15) is 4.79 Å². The van der Waals surface area contributed by atoms with Gasteiger partial charge in [-0.25, -0.2) is 0 Å². The van der Waals surface area contributed by atoms with E-state index in [0.717, 1.165) is 46.6 Å². The lowest BCUT2D eigenvalue weighted by molar-refractivity contribution is -0.00521. The summed E-state index contributed by atoms with van der Waals surface area (Å²) in [6.45, 7) is 9.85. The number of hydrogen-bond acceptors (Lipinski definition) is 4. The number of fused-ring (bicyclic) bond motifs is 1. The van der Waals surface area contributed by atoms with Gasteiger partial charge < -0.3 is 15.0 Å². The molecule has 1 saturated heterocycles. The predicted octanol–water partition coefficient (Wildman–Crippen LogP) is 4.72. The van der Waals surface area contributed by atoms with Crippen LogP contribution in [-0.2, 0) is 4.74 Å². The van der Waals surface area contributed by atoms with Gasteiger partial charge in [0.2, 0.25) is 0 Å². The molecule has 1 N–H and O–H groups in total. The third kappa shape index (κ3) is 4.25.